The van der Waals surface area contributed by atoms with Gasteiger partial charge in [0.15, 0.2) is 9.84 Å². The number of hydrogen-bond donors (Lipinski definition) is 1. The maximum absolute atomic E-state index is 11.8. The van der Waals surface area contributed by atoms with Gasteiger partial charge >= 0.3 is 0 Å². The first kappa shape index (κ1) is 14.0. The van der Waals surface area contributed by atoms with Crippen molar-refractivity contribution in [2.24, 2.45) is 0 Å². The van der Waals surface area contributed by atoms with E-state index in [1.165, 1.54) is 0 Å². The van der Waals surface area contributed by atoms with Gasteiger partial charge in [0.05, 0.1) is 17.0 Å². The summed E-state index contributed by atoms with van der Waals surface area (Å²) in [4.78, 5) is 11.8. The molecule has 1 amide bonds. The van der Waals surface area contributed by atoms with Gasteiger partial charge in [0.1, 0.15) is 0 Å². The average molecular weight is 285 g/mol. The number of rotatable bonds is 5. The van der Waals surface area contributed by atoms with E-state index in [0.29, 0.717) is 25.8 Å². The number of aromatic nitrogens is 2. The number of sulfone groups is 1. The third-order valence-electron chi connectivity index (χ3n) is 3.29. The summed E-state index contributed by atoms with van der Waals surface area (Å²) in [6.07, 6.45) is 5.12. The fourth-order valence-electron chi connectivity index (χ4n) is 2.34. The Morgan fingerprint density at radius 1 is 1.53 bits per heavy atom. The molecule has 1 atom stereocenters. The molecule has 1 N–H and O–H groups in total. The molecule has 0 aliphatic carbocycles. The summed E-state index contributed by atoms with van der Waals surface area (Å²) < 4.78 is 24.6. The Hall–Kier alpha value is -1.37. The summed E-state index contributed by atoms with van der Waals surface area (Å²) in [7, 11) is -2.98. The third kappa shape index (κ3) is 4.05. The molecule has 1 saturated heterocycles. The topological polar surface area (TPSA) is 81.1 Å². The Bertz CT molecular complexity index is 539. The van der Waals surface area contributed by atoms with Gasteiger partial charge in [-0.05, 0) is 25.8 Å². The Kier molecular flexibility index (Phi) is 3.93. The SMILES string of the molecule is C[C@@]1(NC(=O)CCCn2cccn2)CCS(=O)(=O)C1. The second-order valence-electron chi connectivity index (χ2n) is 5.32. The molecule has 19 heavy (non-hydrogen) atoms. The Labute approximate surface area is 113 Å². The van der Waals surface area contributed by atoms with Crippen molar-refractivity contribution in [2.75, 3.05) is 11.5 Å². The Morgan fingerprint density at radius 2 is 2.32 bits per heavy atom. The van der Waals surface area contributed by atoms with Crippen LogP contribution in [0.2, 0.25) is 0 Å². The van der Waals surface area contributed by atoms with Crippen LogP contribution >= 0.6 is 0 Å². The quantitative estimate of drug-likeness (QED) is 0.847. The normalized spacial score (nSPS) is 25.3. The van der Waals surface area contributed by atoms with E-state index in [2.05, 4.69) is 10.4 Å². The van der Waals surface area contributed by atoms with Crippen LogP contribution in [0.25, 0.3) is 0 Å². The van der Waals surface area contributed by atoms with Crippen LogP contribution in [0.5, 0.6) is 0 Å². The number of hydrogen-bond acceptors (Lipinski definition) is 4. The van der Waals surface area contributed by atoms with E-state index < -0.39 is 15.4 Å². The van der Waals surface area contributed by atoms with E-state index in [-0.39, 0.29) is 17.4 Å². The molecule has 1 aliphatic rings. The summed E-state index contributed by atoms with van der Waals surface area (Å²) in [5, 5.41) is 6.90. The summed E-state index contributed by atoms with van der Waals surface area (Å²) >= 11 is 0. The number of nitrogens with zero attached hydrogens (tertiary/aromatic N) is 2. The van der Waals surface area contributed by atoms with Crippen molar-refractivity contribution in [1.82, 2.24) is 15.1 Å². The third-order valence-corrected chi connectivity index (χ3v) is 5.20. The minimum Gasteiger partial charge on any atom is -0.350 e. The summed E-state index contributed by atoms with van der Waals surface area (Å²) in [5.74, 6) is 0.119. The van der Waals surface area contributed by atoms with Crippen LogP contribution in [0, 0.1) is 0 Å². The van der Waals surface area contributed by atoms with Crippen LogP contribution in [0.1, 0.15) is 26.2 Å². The van der Waals surface area contributed by atoms with Gasteiger partial charge in [-0.2, -0.15) is 5.10 Å². The van der Waals surface area contributed by atoms with Gasteiger partial charge in [0.25, 0.3) is 0 Å². The van der Waals surface area contributed by atoms with Gasteiger partial charge in [0.2, 0.25) is 5.91 Å². The van der Waals surface area contributed by atoms with E-state index in [4.69, 9.17) is 0 Å². The highest BCUT2D eigenvalue weighted by atomic mass is 32.2. The first-order valence-electron chi connectivity index (χ1n) is 6.37. The number of amides is 1. The molecule has 1 aromatic heterocycles. The highest BCUT2D eigenvalue weighted by molar-refractivity contribution is 7.91. The second-order valence-corrected chi connectivity index (χ2v) is 7.51. The lowest BCUT2D eigenvalue weighted by molar-refractivity contribution is -0.122. The largest absolute Gasteiger partial charge is 0.350 e. The van der Waals surface area contributed by atoms with Crippen molar-refractivity contribution in [3.63, 3.8) is 0 Å². The minimum atomic E-state index is -2.98. The lowest BCUT2D eigenvalue weighted by atomic mass is 10.0. The molecule has 0 aromatic carbocycles. The molecule has 0 saturated carbocycles. The first-order valence-corrected chi connectivity index (χ1v) is 8.20. The fourth-order valence-corrected chi connectivity index (χ4v) is 4.44. The van der Waals surface area contributed by atoms with Gasteiger partial charge < -0.3 is 5.32 Å². The smallest absolute Gasteiger partial charge is 0.220 e. The summed E-state index contributed by atoms with van der Waals surface area (Å²) in [6.45, 7) is 2.48. The zero-order valence-electron chi connectivity index (χ0n) is 11.0. The highest BCUT2D eigenvalue weighted by Gasteiger charge is 2.39. The zero-order chi connectivity index (χ0) is 13.9. The molecule has 106 valence electrons. The predicted molar refractivity (Wildman–Crippen MR) is 71.3 cm³/mol. The fraction of sp³-hybridized carbons (Fsp3) is 0.667. The van der Waals surface area contributed by atoms with Crippen LogP contribution in [0.4, 0.5) is 0 Å². The van der Waals surface area contributed by atoms with Crippen molar-refractivity contribution < 1.29 is 13.2 Å². The van der Waals surface area contributed by atoms with Crippen LogP contribution in [0.3, 0.4) is 0 Å². The maximum Gasteiger partial charge on any atom is 0.220 e. The molecule has 1 aromatic rings. The molecular formula is C12H19N3O3S. The van der Waals surface area contributed by atoms with Gasteiger partial charge in [-0.25, -0.2) is 8.42 Å². The van der Waals surface area contributed by atoms with Crippen LogP contribution in [-0.2, 0) is 21.2 Å². The highest BCUT2D eigenvalue weighted by Crippen LogP contribution is 2.22. The summed E-state index contributed by atoms with van der Waals surface area (Å²) in [6, 6.07) is 1.84. The van der Waals surface area contributed by atoms with Crippen molar-refractivity contribution in [3.05, 3.63) is 18.5 Å². The van der Waals surface area contributed by atoms with Crippen LogP contribution < -0.4 is 5.32 Å². The molecule has 6 nitrogen and oxygen atoms in total. The van der Waals surface area contributed by atoms with Crippen LogP contribution in [0.15, 0.2) is 18.5 Å². The second kappa shape index (κ2) is 5.32. The molecule has 0 radical (unpaired) electrons. The van der Waals surface area contributed by atoms with E-state index in [0.717, 1.165) is 0 Å². The molecule has 2 heterocycles. The van der Waals surface area contributed by atoms with E-state index in [1.807, 2.05) is 12.3 Å². The van der Waals surface area contributed by atoms with Crippen molar-refractivity contribution >= 4 is 15.7 Å². The van der Waals surface area contributed by atoms with Gasteiger partial charge in [0, 0.05) is 25.4 Å². The van der Waals surface area contributed by atoms with E-state index in [1.54, 1.807) is 17.8 Å². The Morgan fingerprint density at radius 3 is 2.89 bits per heavy atom. The lowest BCUT2D eigenvalue weighted by Gasteiger charge is -2.23. The first-order chi connectivity index (χ1) is 8.89. The van der Waals surface area contributed by atoms with Crippen molar-refractivity contribution in [2.45, 2.75) is 38.3 Å². The monoisotopic (exact) mass is 285 g/mol. The molecular weight excluding hydrogens is 266 g/mol. The number of nitrogens with one attached hydrogen (secondary N) is 1. The molecule has 7 heteroatoms. The van der Waals surface area contributed by atoms with Crippen molar-refractivity contribution in [1.29, 1.82) is 0 Å². The molecule has 1 fully saturated rings. The summed E-state index contributed by atoms with van der Waals surface area (Å²) in [5.41, 5.74) is -0.596. The van der Waals surface area contributed by atoms with Gasteiger partial charge in [-0.15, -0.1) is 0 Å². The number of carbonyl (C=O) groups excluding carboxylic acids is 1. The van der Waals surface area contributed by atoms with Gasteiger partial charge in [-0.1, -0.05) is 0 Å². The Balaban J connectivity index is 1.75. The van der Waals surface area contributed by atoms with Gasteiger partial charge in [-0.3, -0.25) is 9.48 Å². The molecule has 0 spiro atoms. The molecule has 2 rings (SSSR count). The minimum absolute atomic E-state index is 0.0465. The maximum atomic E-state index is 11.8. The van der Waals surface area contributed by atoms with E-state index in [9.17, 15) is 13.2 Å². The van der Waals surface area contributed by atoms with Crippen LogP contribution in [-0.4, -0.2) is 41.2 Å². The lowest BCUT2D eigenvalue weighted by Crippen LogP contribution is -2.46. The standard InChI is InChI=1S/C12H19N3O3S/c1-12(5-9-19(17,18)10-12)14-11(16)4-2-7-15-8-3-6-13-15/h3,6,8H,2,4-5,7,9-10H2,1H3,(H,14,16)/t12-/m1/s1. The zero-order valence-corrected chi connectivity index (χ0v) is 11.8. The molecule has 0 unspecified atom stereocenters. The average Bonchev–Trinajstić information content (AvgIpc) is 2.87. The molecule has 0 bridgehead atoms. The van der Waals surface area contributed by atoms with E-state index >= 15 is 0 Å². The van der Waals surface area contributed by atoms with Crippen molar-refractivity contribution in [3.8, 4) is 0 Å². The predicted octanol–water partition coefficient (Wildman–Crippen LogP) is 0.357. The number of carbonyl (C=O) groups is 1. The number of aryl methyl sites for hydroxylation is 1. The molecule has 1 aliphatic heterocycles.